The van der Waals surface area contributed by atoms with Gasteiger partial charge in [-0.2, -0.15) is 4.67 Å². The van der Waals surface area contributed by atoms with Gasteiger partial charge in [-0.15, -0.1) is 0 Å². The number of carbonyl (C=O) groups is 4. The van der Waals surface area contributed by atoms with Crippen molar-refractivity contribution in [2.45, 2.75) is 71.3 Å². The lowest BCUT2D eigenvalue weighted by Gasteiger charge is -2.19. The van der Waals surface area contributed by atoms with E-state index in [0.29, 0.717) is 87.0 Å². The smallest absolute Gasteiger partial charge is 0.346 e. The highest BCUT2D eigenvalue weighted by atomic mass is 31.1. The van der Waals surface area contributed by atoms with E-state index in [0.717, 1.165) is 16.8 Å². The number of H-pyrrole nitrogens is 1. The first-order valence-electron chi connectivity index (χ1n) is 15.9. The lowest BCUT2D eigenvalue weighted by atomic mass is 10.0. The lowest BCUT2D eigenvalue weighted by molar-refractivity contribution is -0.142. The number of halogens is 1. The summed E-state index contributed by atoms with van der Waals surface area (Å²) in [5, 5.41) is 28.8. The molecule has 3 atom stereocenters. The Morgan fingerprint density at radius 2 is 1.88 bits per heavy atom. The van der Waals surface area contributed by atoms with Crippen molar-refractivity contribution in [3.05, 3.63) is 52.1 Å². The molecule has 48 heavy (non-hydrogen) atoms. The minimum Gasteiger partial charge on any atom is -0.396 e. The molecule has 7 N–H and O–H groups in total. The van der Waals surface area contributed by atoms with E-state index in [1.807, 2.05) is 13.8 Å². The summed E-state index contributed by atoms with van der Waals surface area (Å²) in [4.78, 5) is 52.5. The van der Waals surface area contributed by atoms with E-state index in [1.165, 1.54) is 18.2 Å². The van der Waals surface area contributed by atoms with Crippen LogP contribution in [0.2, 0.25) is 0 Å². The zero-order chi connectivity index (χ0) is 35.1. The second-order valence-electron chi connectivity index (χ2n) is 11.6. The number of aromatic amines is 1. The van der Waals surface area contributed by atoms with Crippen LogP contribution < -0.4 is 21.3 Å². The third-order valence-electron chi connectivity index (χ3n) is 8.19. The van der Waals surface area contributed by atoms with Crippen LogP contribution in [0.25, 0.3) is 11.6 Å². The van der Waals surface area contributed by atoms with Crippen LogP contribution in [0.4, 0.5) is 10.1 Å². The van der Waals surface area contributed by atoms with Crippen molar-refractivity contribution in [2.24, 2.45) is 5.92 Å². The summed E-state index contributed by atoms with van der Waals surface area (Å²) < 4.78 is 33.4. The van der Waals surface area contributed by atoms with Gasteiger partial charge >= 0.3 is 8.25 Å². The standard InChI is InChI=1S/C32H45FN5O9P/c1-20-24(21(2)36-29(20)16-26-25-15-23(33)9-11-27(25)38-31(26)42)10-12-30(41)37-28(8-4-5-13-34-19-40)32(43)35-14-6-3-7-22(17-39)18-46-48(45)47-44/h9,11,15-16,19,22,28,36,39,44,48H,3-8,10,12-14,17-18H2,1-2H3,(H,34,40)(H,35,43)(H,37,41)(H,38,42)/b26-16-/t22?,28-/m1/s1. The van der Waals surface area contributed by atoms with Crippen LogP contribution in [0, 0.1) is 25.6 Å². The SMILES string of the molecule is Cc1[nH]c(/C=C2\C(=O)Nc3ccc(F)cc32)c(C)c1CCC(=O)N[C@H](CCCCNC=O)C(=O)NCCCCC(CO)CO[PH](=O)OO. The van der Waals surface area contributed by atoms with Gasteiger partial charge in [0.2, 0.25) is 18.2 Å². The highest BCUT2D eigenvalue weighted by Gasteiger charge is 2.26. The van der Waals surface area contributed by atoms with Gasteiger partial charge in [-0.3, -0.25) is 23.7 Å². The molecule has 0 saturated carbocycles. The molecule has 264 valence electrons. The summed E-state index contributed by atoms with van der Waals surface area (Å²) in [6.07, 6.45) is 6.13. The second-order valence-corrected chi connectivity index (χ2v) is 12.6. The number of rotatable bonds is 22. The van der Waals surface area contributed by atoms with Gasteiger partial charge in [0.15, 0.2) is 0 Å². The van der Waals surface area contributed by atoms with E-state index in [2.05, 4.69) is 30.9 Å². The molecule has 0 fully saturated rings. The third kappa shape index (κ3) is 11.7. The number of hydrogen-bond donors (Lipinski definition) is 7. The minimum absolute atomic E-state index is 0.0396. The molecule has 0 bridgehead atoms. The zero-order valence-electron chi connectivity index (χ0n) is 27.2. The van der Waals surface area contributed by atoms with Crippen LogP contribution in [-0.2, 0) is 39.4 Å². The van der Waals surface area contributed by atoms with E-state index in [-0.39, 0.29) is 43.3 Å². The Kier molecular flexibility index (Phi) is 15.9. The summed E-state index contributed by atoms with van der Waals surface area (Å²) in [7, 11) is -3.00. The van der Waals surface area contributed by atoms with E-state index < -0.39 is 20.1 Å². The Bertz CT molecular complexity index is 1480. The maximum atomic E-state index is 13.9. The average Bonchev–Trinajstić information content (AvgIpc) is 3.52. The first-order chi connectivity index (χ1) is 23.1. The van der Waals surface area contributed by atoms with Crippen LogP contribution in [0.3, 0.4) is 0 Å². The average molecular weight is 694 g/mol. The van der Waals surface area contributed by atoms with Gasteiger partial charge in [0.05, 0.1) is 12.2 Å². The Balaban J connectivity index is 1.56. The number of carbonyl (C=O) groups excluding carboxylic acids is 4. The van der Waals surface area contributed by atoms with Crippen molar-refractivity contribution in [1.82, 2.24) is 20.9 Å². The molecule has 0 saturated heterocycles. The van der Waals surface area contributed by atoms with Crippen LogP contribution in [0.1, 0.15) is 73.0 Å². The molecule has 0 aliphatic carbocycles. The van der Waals surface area contributed by atoms with Gasteiger partial charge < -0.3 is 35.9 Å². The molecule has 3 rings (SSSR count). The maximum absolute atomic E-state index is 13.9. The van der Waals surface area contributed by atoms with E-state index in [1.54, 1.807) is 6.08 Å². The fourth-order valence-corrected chi connectivity index (χ4v) is 5.95. The molecule has 4 amide bonds. The molecular formula is C32H45FN5O9P. The van der Waals surface area contributed by atoms with Crippen LogP contribution in [0.15, 0.2) is 18.2 Å². The number of benzene rings is 1. The van der Waals surface area contributed by atoms with Crippen LogP contribution in [0.5, 0.6) is 0 Å². The Morgan fingerprint density at radius 3 is 2.60 bits per heavy atom. The van der Waals surface area contributed by atoms with Gasteiger partial charge in [0, 0.05) is 54.7 Å². The van der Waals surface area contributed by atoms with E-state index in [9.17, 15) is 33.2 Å². The predicted molar refractivity (Wildman–Crippen MR) is 177 cm³/mol. The van der Waals surface area contributed by atoms with Gasteiger partial charge in [0.1, 0.15) is 11.9 Å². The van der Waals surface area contributed by atoms with Gasteiger partial charge in [0.25, 0.3) is 5.91 Å². The highest BCUT2D eigenvalue weighted by Crippen LogP contribution is 2.34. The maximum Gasteiger partial charge on any atom is 0.346 e. The number of anilines is 1. The monoisotopic (exact) mass is 693 g/mol. The normalized spacial score (nSPS) is 15.0. The summed E-state index contributed by atoms with van der Waals surface area (Å²) in [6, 6.07) is 3.34. The number of fused-ring (bicyclic) bond motifs is 1. The first kappa shape index (κ1) is 38.6. The fourth-order valence-electron chi connectivity index (χ4n) is 5.52. The molecular weight excluding hydrogens is 648 g/mol. The molecule has 0 spiro atoms. The fraction of sp³-hybridized carbons (Fsp3) is 0.500. The van der Waals surface area contributed by atoms with Crippen molar-refractivity contribution in [3.63, 3.8) is 0 Å². The number of aryl methyl sites for hydroxylation is 1. The summed E-state index contributed by atoms with van der Waals surface area (Å²) in [5.74, 6) is -1.72. The number of nitrogens with one attached hydrogen (secondary N) is 5. The molecule has 1 aliphatic heterocycles. The summed E-state index contributed by atoms with van der Waals surface area (Å²) in [5.41, 5.74) is 4.62. The number of hydrogen-bond acceptors (Lipinski definition) is 9. The zero-order valence-corrected chi connectivity index (χ0v) is 28.2. The molecule has 1 aliphatic rings. The predicted octanol–water partition coefficient (Wildman–Crippen LogP) is 3.39. The minimum atomic E-state index is -3.00. The van der Waals surface area contributed by atoms with Gasteiger partial charge in [-0.1, -0.05) is 6.42 Å². The molecule has 16 heteroatoms. The largest absolute Gasteiger partial charge is 0.396 e. The van der Waals surface area contributed by atoms with Crippen molar-refractivity contribution >= 4 is 49.7 Å². The highest BCUT2D eigenvalue weighted by molar-refractivity contribution is 7.33. The molecule has 1 aromatic carbocycles. The first-order valence-corrected chi connectivity index (χ1v) is 17.1. The quantitative estimate of drug-likeness (QED) is 0.0241. The summed E-state index contributed by atoms with van der Waals surface area (Å²) >= 11 is 0. The number of aliphatic hydroxyl groups excluding tert-OH is 1. The Labute approximate surface area is 279 Å². The van der Waals surface area contributed by atoms with Gasteiger partial charge in [-0.25, -0.2) is 9.65 Å². The second kappa shape index (κ2) is 19.8. The molecule has 2 aromatic rings. The lowest BCUT2D eigenvalue weighted by Crippen LogP contribution is -2.47. The van der Waals surface area contributed by atoms with Crippen LogP contribution in [-0.4, -0.2) is 71.8 Å². The molecule has 1 aromatic heterocycles. The van der Waals surface area contributed by atoms with E-state index >= 15 is 0 Å². The van der Waals surface area contributed by atoms with Crippen molar-refractivity contribution in [2.75, 3.05) is 31.6 Å². The number of aromatic nitrogens is 1. The molecule has 0 radical (unpaired) electrons. The number of amides is 4. The van der Waals surface area contributed by atoms with Crippen molar-refractivity contribution in [3.8, 4) is 0 Å². The topological polar surface area (TPSA) is 208 Å². The Morgan fingerprint density at radius 1 is 1.12 bits per heavy atom. The molecule has 2 heterocycles. The Hall–Kier alpha value is -3.88. The van der Waals surface area contributed by atoms with E-state index in [4.69, 9.17) is 9.78 Å². The van der Waals surface area contributed by atoms with Gasteiger partial charge in [-0.05, 0) is 87.8 Å². The third-order valence-corrected chi connectivity index (χ3v) is 8.75. The van der Waals surface area contributed by atoms with Crippen LogP contribution >= 0.6 is 8.25 Å². The number of unbranched alkanes of at least 4 members (excludes halogenated alkanes) is 2. The van der Waals surface area contributed by atoms with Crippen molar-refractivity contribution < 1.29 is 47.7 Å². The van der Waals surface area contributed by atoms with Crippen molar-refractivity contribution in [1.29, 1.82) is 0 Å². The molecule has 14 nitrogen and oxygen atoms in total. The number of aliphatic hydroxyl groups is 1. The summed E-state index contributed by atoms with van der Waals surface area (Å²) in [6.45, 7) is 4.30. The molecule has 2 unspecified atom stereocenters.